The van der Waals surface area contributed by atoms with Gasteiger partial charge in [0, 0.05) is 37.6 Å². The molecule has 5 aromatic rings. The Morgan fingerprint density at radius 2 is 1.69 bits per heavy atom. The summed E-state index contributed by atoms with van der Waals surface area (Å²) < 4.78 is 21.9. The number of hydrogen-bond acceptors (Lipinski definition) is 6. The second-order valence-corrected chi connectivity index (χ2v) is 9.96. The molecule has 214 valence electrons. The van der Waals surface area contributed by atoms with E-state index in [-0.39, 0.29) is 18.7 Å². The van der Waals surface area contributed by atoms with Crippen LogP contribution in [0, 0.1) is 5.82 Å². The lowest BCUT2D eigenvalue weighted by molar-refractivity contribution is -0.140. The molecule has 0 bridgehead atoms. The minimum absolute atomic E-state index is 0.160. The summed E-state index contributed by atoms with van der Waals surface area (Å²) in [6.07, 6.45) is 0. The number of nitrogens with one attached hydrogen (secondary N) is 1. The maximum atomic E-state index is 14.9. The largest absolute Gasteiger partial charge is 0.497 e. The van der Waals surface area contributed by atoms with Gasteiger partial charge in [0.25, 0.3) is 5.91 Å². The zero-order valence-corrected chi connectivity index (χ0v) is 23.6. The zero-order valence-electron chi connectivity index (χ0n) is 23.6. The van der Waals surface area contributed by atoms with Gasteiger partial charge in [-0.3, -0.25) is 9.59 Å². The number of amides is 2. The topological polar surface area (TPSA) is 92.6 Å². The van der Waals surface area contributed by atoms with Crippen LogP contribution in [0.15, 0.2) is 97.1 Å². The molecule has 0 saturated heterocycles. The molecule has 5 rings (SSSR count). The summed E-state index contributed by atoms with van der Waals surface area (Å²) in [4.78, 5) is 31.5. The molecular formula is C32H31FN6O3. The highest BCUT2D eigenvalue weighted by molar-refractivity contribution is 5.98. The Hall–Kier alpha value is -5.25. The smallest absolute Gasteiger partial charge is 0.251 e. The van der Waals surface area contributed by atoms with Crippen LogP contribution in [0.2, 0.25) is 0 Å². The van der Waals surface area contributed by atoms with Gasteiger partial charge in [0.05, 0.1) is 12.6 Å². The van der Waals surface area contributed by atoms with E-state index in [9.17, 15) is 14.0 Å². The fraction of sp³-hybridized carbons (Fsp3) is 0.188. The maximum absolute atomic E-state index is 14.9. The van der Waals surface area contributed by atoms with E-state index in [0.717, 1.165) is 5.69 Å². The molecule has 0 saturated carbocycles. The van der Waals surface area contributed by atoms with E-state index in [4.69, 9.17) is 4.74 Å². The van der Waals surface area contributed by atoms with Gasteiger partial charge in [0.15, 0.2) is 0 Å². The standard InChI is InChI=1S/C32H31FN6O3/c1-37(2)25-17-15-24(16-18-25)34-32(41)31(22-10-8-11-26(19-22)42-3)38(20-23-9-4-5-12-27(23)33)30(40)21-39-29-14-7-6-13-28(29)35-36-39/h4-19,31H,20-21H2,1-3H3,(H,34,41). The first-order valence-corrected chi connectivity index (χ1v) is 13.4. The Labute approximate surface area is 243 Å². The van der Waals surface area contributed by atoms with E-state index in [1.54, 1.807) is 60.7 Å². The average molecular weight is 567 g/mol. The van der Waals surface area contributed by atoms with Crippen LogP contribution in [-0.4, -0.2) is 52.9 Å². The first kappa shape index (κ1) is 28.3. The van der Waals surface area contributed by atoms with Crippen LogP contribution in [0.3, 0.4) is 0 Å². The number of para-hydroxylation sites is 1. The first-order valence-electron chi connectivity index (χ1n) is 13.4. The molecule has 9 nitrogen and oxygen atoms in total. The normalized spacial score (nSPS) is 11.6. The number of methoxy groups -OCH3 is 1. The van der Waals surface area contributed by atoms with Gasteiger partial charge < -0.3 is 19.9 Å². The number of carbonyl (C=O) groups excluding carboxylic acids is 2. The fourth-order valence-corrected chi connectivity index (χ4v) is 4.72. The Balaban J connectivity index is 1.56. The number of nitrogens with zero attached hydrogens (tertiary/aromatic N) is 5. The Kier molecular flexibility index (Phi) is 8.42. The summed E-state index contributed by atoms with van der Waals surface area (Å²) >= 11 is 0. The van der Waals surface area contributed by atoms with Crippen molar-refractivity contribution in [1.82, 2.24) is 19.9 Å². The number of benzene rings is 4. The average Bonchev–Trinajstić information content (AvgIpc) is 3.40. The van der Waals surface area contributed by atoms with Crippen molar-refractivity contribution < 1.29 is 18.7 Å². The molecule has 0 spiro atoms. The van der Waals surface area contributed by atoms with Gasteiger partial charge in [-0.05, 0) is 60.2 Å². The van der Waals surface area contributed by atoms with Gasteiger partial charge in [-0.25, -0.2) is 9.07 Å². The Bertz CT molecular complexity index is 1700. The highest BCUT2D eigenvalue weighted by Crippen LogP contribution is 2.29. The van der Waals surface area contributed by atoms with Gasteiger partial charge in [0.2, 0.25) is 5.91 Å². The molecule has 0 fully saturated rings. The van der Waals surface area contributed by atoms with Gasteiger partial charge in [-0.2, -0.15) is 0 Å². The maximum Gasteiger partial charge on any atom is 0.251 e. The van der Waals surface area contributed by atoms with Crippen LogP contribution in [0.4, 0.5) is 15.8 Å². The van der Waals surface area contributed by atoms with Crippen molar-refractivity contribution in [3.8, 4) is 5.75 Å². The van der Waals surface area contributed by atoms with Crippen LogP contribution in [0.1, 0.15) is 17.2 Å². The molecular weight excluding hydrogens is 535 g/mol. The number of ether oxygens (including phenoxy) is 1. The molecule has 2 amide bonds. The molecule has 1 unspecified atom stereocenters. The SMILES string of the molecule is COc1cccc(C(C(=O)Nc2ccc(N(C)C)cc2)N(Cc2ccccc2F)C(=O)Cn2nnc3ccccc32)c1. The third kappa shape index (κ3) is 6.22. The van der Waals surface area contributed by atoms with Crippen molar-refractivity contribution in [3.63, 3.8) is 0 Å². The number of hydrogen-bond donors (Lipinski definition) is 1. The molecule has 0 aliphatic rings. The lowest BCUT2D eigenvalue weighted by atomic mass is 10.0. The van der Waals surface area contributed by atoms with E-state index in [1.807, 2.05) is 49.3 Å². The van der Waals surface area contributed by atoms with Crippen LogP contribution in [0.25, 0.3) is 11.0 Å². The van der Waals surface area contributed by atoms with Crippen molar-refractivity contribution in [3.05, 3.63) is 114 Å². The van der Waals surface area contributed by atoms with E-state index >= 15 is 0 Å². The van der Waals surface area contributed by atoms with Gasteiger partial charge >= 0.3 is 0 Å². The van der Waals surface area contributed by atoms with Crippen molar-refractivity contribution in [2.75, 3.05) is 31.4 Å². The van der Waals surface area contributed by atoms with Crippen molar-refractivity contribution in [2.45, 2.75) is 19.1 Å². The number of halogens is 1. The molecule has 0 aliphatic heterocycles. The number of aromatic nitrogens is 3. The number of fused-ring (bicyclic) bond motifs is 1. The summed E-state index contributed by atoms with van der Waals surface area (Å²) in [5, 5.41) is 11.3. The van der Waals surface area contributed by atoms with E-state index in [0.29, 0.717) is 28.0 Å². The minimum atomic E-state index is -1.13. The predicted octanol–water partition coefficient (Wildman–Crippen LogP) is 5.05. The highest BCUT2D eigenvalue weighted by Gasteiger charge is 2.33. The van der Waals surface area contributed by atoms with Crippen LogP contribution in [-0.2, 0) is 22.7 Å². The van der Waals surface area contributed by atoms with Gasteiger partial charge in [-0.1, -0.05) is 47.7 Å². The number of anilines is 2. The quantitative estimate of drug-likeness (QED) is 0.254. The summed E-state index contributed by atoms with van der Waals surface area (Å²) in [5.41, 5.74) is 3.59. The van der Waals surface area contributed by atoms with Crippen molar-refractivity contribution in [2.24, 2.45) is 0 Å². The van der Waals surface area contributed by atoms with E-state index < -0.39 is 23.7 Å². The van der Waals surface area contributed by atoms with Crippen molar-refractivity contribution in [1.29, 1.82) is 0 Å². The summed E-state index contributed by atoms with van der Waals surface area (Å²) in [5.74, 6) is -0.874. The molecule has 42 heavy (non-hydrogen) atoms. The fourth-order valence-electron chi connectivity index (χ4n) is 4.72. The molecule has 1 N–H and O–H groups in total. The zero-order chi connectivity index (χ0) is 29.6. The van der Waals surface area contributed by atoms with Crippen LogP contribution >= 0.6 is 0 Å². The number of rotatable bonds is 10. The van der Waals surface area contributed by atoms with Crippen LogP contribution < -0.4 is 15.0 Å². The first-order chi connectivity index (χ1) is 20.3. The Morgan fingerprint density at radius 3 is 2.43 bits per heavy atom. The molecule has 0 radical (unpaired) electrons. The third-order valence-electron chi connectivity index (χ3n) is 6.94. The van der Waals surface area contributed by atoms with E-state index in [2.05, 4.69) is 15.6 Å². The molecule has 1 atom stereocenters. The Morgan fingerprint density at radius 1 is 0.952 bits per heavy atom. The minimum Gasteiger partial charge on any atom is -0.497 e. The molecule has 4 aromatic carbocycles. The van der Waals surface area contributed by atoms with E-state index in [1.165, 1.54) is 22.8 Å². The van der Waals surface area contributed by atoms with Crippen molar-refractivity contribution >= 4 is 34.2 Å². The molecule has 10 heteroatoms. The summed E-state index contributed by atoms with van der Waals surface area (Å²) in [6.45, 7) is -0.368. The second kappa shape index (κ2) is 12.5. The van der Waals surface area contributed by atoms with Gasteiger partial charge in [0.1, 0.15) is 29.7 Å². The highest BCUT2D eigenvalue weighted by atomic mass is 19.1. The lowest BCUT2D eigenvalue weighted by Crippen LogP contribution is -2.42. The molecule has 1 aromatic heterocycles. The predicted molar refractivity (Wildman–Crippen MR) is 160 cm³/mol. The molecule has 1 heterocycles. The van der Waals surface area contributed by atoms with Gasteiger partial charge in [-0.15, -0.1) is 5.10 Å². The third-order valence-corrected chi connectivity index (χ3v) is 6.94. The second-order valence-electron chi connectivity index (χ2n) is 9.96. The summed E-state index contributed by atoms with van der Waals surface area (Å²) in [6, 6.07) is 26.6. The summed E-state index contributed by atoms with van der Waals surface area (Å²) in [7, 11) is 5.38. The van der Waals surface area contributed by atoms with Crippen LogP contribution in [0.5, 0.6) is 5.75 Å². The lowest BCUT2D eigenvalue weighted by Gasteiger charge is -2.32. The number of carbonyl (C=O) groups is 2. The monoisotopic (exact) mass is 566 g/mol. The molecule has 0 aliphatic carbocycles.